The van der Waals surface area contributed by atoms with Crippen molar-refractivity contribution in [3.63, 3.8) is 0 Å². The first-order valence-corrected chi connectivity index (χ1v) is 9.24. The second-order valence-corrected chi connectivity index (χ2v) is 7.43. The van der Waals surface area contributed by atoms with Gasteiger partial charge in [-0.25, -0.2) is 4.98 Å². The van der Waals surface area contributed by atoms with E-state index in [1.54, 1.807) is 10.9 Å². The fourth-order valence-electron chi connectivity index (χ4n) is 3.74. The topological polar surface area (TPSA) is 88.5 Å². The number of carbonyl (C=O) groups excluding carboxylic acids is 1. The summed E-state index contributed by atoms with van der Waals surface area (Å²) in [4.78, 5) is 17.3. The summed E-state index contributed by atoms with van der Waals surface area (Å²) in [6, 6.07) is -0.158. The summed E-state index contributed by atoms with van der Waals surface area (Å²) < 4.78 is 1.73. The van der Waals surface area contributed by atoms with Crippen LogP contribution in [0.5, 0.6) is 0 Å². The van der Waals surface area contributed by atoms with Crippen LogP contribution in [0.25, 0.3) is 0 Å². The summed E-state index contributed by atoms with van der Waals surface area (Å²) in [6.07, 6.45) is 9.98. The first kappa shape index (κ1) is 17.6. The highest BCUT2D eigenvalue weighted by molar-refractivity contribution is 5.95. The average molecular weight is 344 g/mol. The maximum atomic E-state index is 12.9. The molecule has 3 rings (SSSR count). The molecule has 1 saturated carbocycles. The molecule has 1 atom stereocenters. The van der Waals surface area contributed by atoms with E-state index in [-0.39, 0.29) is 11.9 Å². The molecule has 0 unspecified atom stereocenters. The molecule has 0 aliphatic heterocycles. The summed E-state index contributed by atoms with van der Waals surface area (Å²) in [5.41, 5.74) is 1.65. The lowest BCUT2D eigenvalue weighted by atomic mass is 9.85. The second kappa shape index (κ2) is 7.80. The van der Waals surface area contributed by atoms with Gasteiger partial charge in [-0.15, -0.1) is 0 Å². The number of aryl methyl sites for hydroxylation is 1. The van der Waals surface area contributed by atoms with Gasteiger partial charge in [0.05, 0.1) is 23.5 Å². The molecule has 0 aromatic carbocycles. The lowest BCUT2D eigenvalue weighted by Crippen LogP contribution is -2.32. The van der Waals surface area contributed by atoms with E-state index in [0.29, 0.717) is 17.4 Å². The molecule has 2 aromatic rings. The van der Waals surface area contributed by atoms with E-state index >= 15 is 0 Å². The van der Waals surface area contributed by atoms with E-state index in [9.17, 15) is 4.79 Å². The summed E-state index contributed by atoms with van der Waals surface area (Å²) in [7, 11) is 1.85. The minimum Gasteiger partial charge on any atom is -0.342 e. The number of aromatic amines is 1. The third-order valence-corrected chi connectivity index (χ3v) is 5.00. The highest BCUT2D eigenvalue weighted by Gasteiger charge is 2.26. The van der Waals surface area contributed by atoms with Crippen LogP contribution >= 0.6 is 0 Å². The Morgan fingerprint density at radius 1 is 1.36 bits per heavy atom. The number of hydrogen-bond donors (Lipinski definition) is 2. The molecule has 2 aromatic heterocycles. The highest BCUT2D eigenvalue weighted by Crippen LogP contribution is 2.33. The minimum atomic E-state index is -0.158. The van der Waals surface area contributed by atoms with Gasteiger partial charge in [0.1, 0.15) is 12.2 Å². The molecule has 0 saturated heterocycles. The molecule has 0 bridgehead atoms. The van der Waals surface area contributed by atoms with Crippen LogP contribution < -0.4 is 5.32 Å². The zero-order valence-electron chi connectivity index (χ0n) is 15.3. The Hall–Kier alpha value is -2.18. The third kappa shape index (κ3) is 4.08. The molecule has 1 aliphatic rings. The number of H-pyrrole nitrogens is 1. The predicted molar refractivity (Wildman–Crippen MR) is 95.1 cm³/mol. The van der Waals surface area contributed by atoms with Crippen molar-refractivity contribution in [1.29, 1.82) is 0 Å². The van der Waals surface area contributed by atoms with Gasteiger partial charge < -0.3 is 5.32 Å². The Morgan fingerprint density at radius 2 is 2.12 bits per heavy atom. The number of nitrogens with one attached hydrogen (secondary N) is 2. The summed E-state index contributed by atoms with van der Waals surface area (Å²) in [5, 5.41) is 14.5. The quantitative estimate of drug-likeness (QED) is 0.843. The molecule has 1 amide bonds. The van der Waals surface area contributed by atoms with Crippen LogP contribution in [-0.4, -0.2) is 30.9 Å². The zero-order chi connectivity index (χ0) is 17.8. The van der Waals surface area contributed by atoms with Crippen LogP contribution in [-0.2, 0) is 7.05 Å². The van der Waals surface area contributed by atoms with Gasteiger partial charge in [-0.3, -0.25) is 14.6 Å². The second-order valence-electron chi connectivity index (χ2n) is 7.43. The van der Waals surface area contributed by atoms with Gasteiger partial charge in [0.2, 0.25) is 0 Å². The smallest absolute Gasteiger partial charge is 0.255 e. The molecule has 136 valence electrons. The lowest BCUT2D eigenvalue weighted by molar-refractivity contribution is 0.0927. The first-order chi connectivity index (χ1) is 12.1. The highest BCUT2D eigenvalue weighted by atomic mass is 16.1. The molecule has 0 spiro atoms. The Balaban J connectivity index is 1.78. The van der Waals surface area contributed by atoms with Crippen molar-refractivity contribution < 1.29 is 4.79 Å². The molecule has 25 heavy (non-hydrogen) atoms. The normalized spacial score (nSPS) is 17.0. The molecule has 0 radical (unpaired) electrons. The van der Waals surface area contributed by atoms with Crippen molar-refractivity contribution in [2.75, 3.05) is 0 Å². The van der Waals surface area contributed by atoms with E-state index in [1.165, 1.54) is 25.6 Å². The third-order valence-electron chi connectivity index (χ3n) is 5.00. The number of hydrogen-bond acceptors (Lipinski definition) is 4. The van der Waals surface area contributed by atoms with Gasteiger partial charge in [0, 0.05) is 13.0 Å². The fraction of sp³-hybridized carbons (Fsp3) is 0.667. The van der Waals surface area contributed by atoms with Gasteiger partial charge in [-0.05, 0) is 25.2 Å². The van der Waals surface area contributed by atoms with E-state index < -0.39 is 0 Å². The van der Waals surface area contributed by atoms with Gasteiger partial charge in [-0.1, -0.05) is 33.1 Å². The number of amides is 1. The van der Waals surface area contributed by atoms with Crippen LogP contribution in [0.4, 0.5) is 0 Å². The van der Waals surface area contributed by atoms with E-state index in [0.717, 1.165) is 30.8 Å². The molecule has 1 aliphatic carbocycles. The van der Waals surface area contributed by atoms with E-state index in [4.69, 9.17) is 0 Å². The SMILES string of the molecule is CC(C)C[C@H](NC(=O)c1cn[nH]c1C1CCCCC1)c1ncnn1C. The van der Waals surface area contributed by atoms with Crippen molar-refractivity contribution in [2.24, 2.45) is 13.0 Å². The Bertz CT molecular complexity index is 698. The number of rotatable bonds is 6. The van der Waals surface area contributed by atoms with Crippen molar-refractivity contribution >= 4 is 5.91 Å². The molecule has 7 heteroatoms. The summed E-state index contributed by atoms with van der Waals surface area (Å²) in [5.74, 6) is 1.55. The van der Waals surface area contributed by atoms with Crippen LogP contribution in [0.2, 0.25) is 0 Å². The largest absolute Gasteiger partial charge is 0.342 e. The zero-order valence-corrected chi connectivity index (χ0v) is 15.3. The first-order valence-electron chi connectivity index (χ1n) is 9.24. The molecule has 2 heterocycles. The fourth-order valence-corrected chi connectivity index (χ4v) is 3.74. The molecule has 1 fully saturated rings. The minimum absolute atomic E-state index is 0.0806. The van der Waals surface area contributed by atoms with Gasteiger partial charge >= 0.3 is 0 Å². The molecule has 7 nitrogen and oxygen atoms in total. The predicted octanol–water partition coefficient (Wildman–Crippen LogP) is 3.10. The van der Waals surface area contributed by atoms with E-state index in [2.05, 4.69) is 39.4 Å². The van der Waals surface area contributed by atoms with Crippen LogP contribution in [0, 0.1) is 5.92 Å². The number of aromatic nitrogens is 5. The van der Waals surface area contributed by atoms with Crippen LogP contribution in [0.15, 0.2) is 12.5 Å². The maximum absolute atomic E-state index is 12.9. The number of nitrogens with zero attached hydrogens (tertiary/aromatic N) is 4. The average Bonchev–Trinajstić information content (AvgIpc) is 3.23. The van der Waals surface area contributed by atoms with Crippen molar-refractivity contribution in [1.82, 2.24) is 30.3 Å². The summed E-state index contributed by atoms with van der Waals surface area (Å²) >= 11 is 0. The lowest BCUT2D eigenvalue weighted by Gasteiger charge is -2.23. The van der Waals surface area contributed by atoms with Gasteiger partial charge in [0.15, 0.2) is 0 Å². The standard InChI is InChI=1S/C18H28N6O/c1-12(2)9-15(17-19-11-21-24(17)3)22-18(25)14-10-20-23-16(14)13-7-5-4-6-8-13/h10-13,15H,4-9H2,1-3H3,(H,20,23)(H,22,25)/t15-/m0/s1. The molecular formula is C18H28N6O. The maximum Gasteiger partial charge on any atom is 0.255 e. The van der Waals surface area contributed by atoms with E-state index in [1.807, 2.05) is 7.05 Å². The Kier molecular flexibility index (Phi) is 5.50. The number of carbonyl (C=O) groups is 1. The molecule has 2 N–H and O–H groups in total. The van der Waals surface area contributed by atoms with Crippen LogP contribution in [0.1, 0.15) is 86.2 Å². The van der Waals surface area contributed by atoms with Gasteiger partial charge in [0.25, 0.3) is 5.91 Å². The Labute approximate surface area is 148 Å². The van der Waals surface area contributed by atoms with Crippen molar-refractivity contribution in [3.8, 4) is 0 Å². The monoisotopic (exact) mass is 344 g/mol. The van der Waals surface area contributed by atoms with Crippen molar-refractivity contribution in [2.45, 2.75) is 64.3 Å². The molecular weight excluding hydrogens is 316 g/mol. The van der Waals surface area contributed by atoms with Gasteiger partial charge in [-0.2, -0.15) is 10.2 Å². The van der Waals surface area contributed by atoms with Crippen molar-refractivity contribution in [3.05, 3.63) is 29.6 Å². The Morgan fingerprint density at radius 3 is 2.76 bits per heavy atom. The summed E-state index contributed by atoms with van der Waals surface area (Å²) in [6.45, 7) is 4.28. The van der Waals surface area contributed by atoms with Crippen LogP contribution in [0.3, 0.4) is 0 Å².